The maximum Gasteiger partial charge on any atom is 0.401 e. The number of rotatable bonds is 7. The Labute approximate surface area is 222 Å². The van der Waals surface area contributed by atoms with Crippen LogP contribution in [0.3, 0.4) is 0 Å². The number of ether oxygens (including phenoxy) is 1. The van der Waals surface area contributed by atoms with Crippen LogP contribution in [-0.2, 0) is 5.41 Å². The SMILES string of the molecule is Cc1c(Cl)cccc1Nc1c(-c2ccncc2OC[C@@H]2CCN2CC(F)(F)F)[nH]c2c1C(=O)NCC21CC1. The molecule has 0 bridgehead atoms. The van der Waals surface area contributed by atoms with Crippen LogP contribution in [0.15, 0.2) is 36.7 Å². The molecule has 7 nitrogen and oxygen atoms in total. The zero-order valence-electron chi connectivity index (χ0n) is 20.7. The molecule has 1 saturated heterocycles. The molecule has 1 amide bonds. The first-order valence-electron chi connectivity index (χ1n) is 12.6. The van der Waals surface area contributed by atoms with Crippen LogP contribution in [0, 0.1) is 6.92 Å². The molecule has 4 heterocycles. The molecular weight excluding hydrogens is 519 g/mol. The molecule has 3 aromatic rings. The van der Waals surface area contributed by atoms with E-state index in [4.69, 9.17) is 16.3 Å². The highest BCUT2D eigenvalue weighted by molar-refractivity contribution is 6.31. The van der Waals surface area contributed by atoms with E-state index in [9.17, 15) is 18.0 Å². The normalized spacial score (nSPS) is 20.0. The number of pyridine rings is 1. The van der Waals surface area contributed by atoms with E-state index in [0.717, 1.165) is 29.8 Å². The van der Waals surface area contributed by atoms with E-state index in [2.05, 4.69) is 20.6 Å². The molecule has 0 radical (unpaired) electrons. The molecule has 1 atom stereocenters. The van der Waals surface area contributed by atoms with Crippen LogP contribution < -0.4 is 15.4 Å². The number of carbonyl (C=O) groups excluding carboxylic acids is 1. The van der Waals surface area contributed by atoms with Crippen LogP contribution in [0.2, 0.25) is 5.02 Å². The van der Waals surface area contributed by atoms with Gasteiger partial charge in [0.1, 0.15) is 12.4 Å². The van der Waals surface area contributed by atoms with Gasteiger partial charge < -0.3 is 20.4 Å². The first-order chi connectivity index (χ1) is 18.2. The maximum absolute atomic E-state index is 13.2. The number of aromatic nitrogens is 2. The Morgan fingerprint density at radius 1 is 1.29 bits per heavy atom. The van der Waals surface area contributed by atoms with Gasteiger partial charge in [-0.25, -0.2) is 0 Å². The van der Waals surface area contributed by atoms with Gasteiger partial charge in [0.2, 0.25) is 0 Å². The van der Waals surface area contributed by atoms with Crippen molar-refractivity contribution in [2.24, 2.45) is 0 Å². The van der Waals surface area contributed by atoms with Crippen molar-refractivity contribution in [3.63, 3.8) is 0 Å². The topological polar surface area (TPSA) is 82.3 Å². The van der Waals surface area contributed by atoms with E-state index in [0.29, 0.717) is 52.8 Å². The van der Waals surface area contributed by atoms with E-state index in [1.165, 1.54) is 4.90 Å². The van der Waals surface area contributed by atoms with E-state index in [-0.39, 0.29) is 24.0 Å². The highest BCUT2D eigenvalue weighted by Crippen LogP contribution is 2.54. The van der Waals surface area contributed by atoms with Gasteiger partial charge in [-0.1, -0.05) is 17.7 Å². The zero-order chi connectivity index (χ0) is 26.7. The summed E-state index contributed by atoms with van der Waals surface area (Å²) in [5.41, 5.74) is 4.85. The van der Waals surface area contributed by atoms with Gasteiger partial charge in [-0.05, 0) is 49.9 Å². The lowest BCUT2D eigenvalue weighted by atomic mass is 9.93. The van der Waals surface area contributed by atoms with Crippen molar-refractivity contribution in [2.75, 3.05) is 31.6 Å². The molecule has 1 aromatic carbocycles. The van der Waals surface area contributed by atoms with Crippen LogP contribution in [0.25, 0.3) is 11.3 Å². The van der Waals surface area contributed by atoms with Crippen molar-refractivity contribution in [2.45, 2.75) is 43.8 Å². The van der Waals surface area contributed by atoms with Crippen LogP contribution >= 0.6 is 11.6 Å². The van der Waals surface area contributed by atoms with Gasteiger partial charge in [-0.15, -0.1) is 0 Å². The number of H-pyrrole nitrogens is 1. The Morgan fingerprint density at radius 2 is 2.11 bits per heavy atom. The third kappa shape index (κ3) is 4.49. The Kier molecular flexibility index (Phi) is 6.07. The Bertz CT molecular complexity index is 1400. The highest BCUT2D eigenvalue weighted by atomic mass is 35.5. The first-order valence-corrected chi connectivity index (χ1v) is 13.0. The van der Waals surface area contributed by atoms with Crippen LogP contribution in [0.5, 0.6) is 5.75 Å². The number of nitrogens with one attached hydrogen (secondary N) is 3. The minimum absolute atomic E-state index is 0.107. The third-order valence-corrected chi connectivity index (χ3v) is 8.27. The van der Waals surface area contributed by atoms with Crippen LogP contribution in [0.4, 0.5) is 24.5 Å². The molecule has 1 spiro atoms. The number of hydrogen-bond donors (Lipinski definition) is 3. The third-order valence-electron chi connectivity index (χ3n) is 7.86. The summed E-state index contributed by atoms with van der Waals surface area (Å²) in [7, 11) is 0. The fourth-order valence-corrected chi connectivity index (χ4v) is 5.52. The summed E-state index contributed by atoms with van der Waals surface area (Å²) >= 11 is 6.38. The lowest BCUT2D eigenvalue weighted by molar-refractivity contribution is -0.163. The maximum atomic E-state index is 13.2. The number of nitrogens with zero attached hydrogens (tertiary/aromatic N) is 2. The lowest BCUT2D eigenvalue weighted by Gasteiger charge is -2.40. The fraction of sp³-hybridized carbons (Fsp3) is 0.407. The van der Waals surface area contributed by atoms with Crippen molar-refractivity contribution in [1.82, 2.24) is 20.2 Å². The second-order valence-corrected chi connectivity index (χ2v) is 10.7. The summed E-state index contributed by atoms with van der Waals surface area (Å²) in [6.45, 7) is 2.02. The van der Waals surface area contributed by atoms with Crippen LogP contribution in [0.1, 0.15) is 40.9 Å². The van der Waals surface area contributed by atoms with Gasteiger partial charge >= 0.3 is 6.18 Å². The van der Waals surface area contributed by atoms with Crippen molar-refractivity contribution >= 4 is 28.9 Å². The molecule has 0 unspecified atom stereocenters. The number of benzene rings is 1. The van der Waals surface area contributed by atoms with Crippen molar-refractivity contribution in [1.29, 1.82) is 0 Å². The summed E-state index contributed by atoms with van der Waals surface area (Å²) < 4.78 is 44.8. The van der Waals surface area contributed by atoms with E-state index in [1.807, 2.05) is 19.1 Å². The number of anilines is 2. The molecular formula is C27H27ClF3N5O2. The number of likely N-dealkylation sites (tertiary alicyclic amines) is 1. The minimum Gasteiger partial charge on any atom is -0.490 e. The predicted octanol–water partition coefficient (Wildman–Crippen LogP) is 5.57. The largest absolute Gasteiger partial charge is 0.490 e. The second-order valence-electron chi connectivity index (χ2n) is 10.3. The minimum atomic E-state index is -4.25. The molecule has 1 aliphatic carbocycles. The Balaban J connectivity index is 1.37. The predicted molar refractivity (Wildman–Crippen MR) is 138 cm³/mol. The smallest absolute Gasteiger partial charge is 0.401 e. The second kappa shape index (κ2) is 9.20. The lowest BCUT2D eigenvalue weighted by Crippen LogP contribution is -2.54. The molecule has 1 saturated carbocycles. The van der Waals surface area contributed by atoms with Gasteiger partial charge in [-0.3, -0.25) is 14.7 Å². The monoisotopic (exact) mass is 545 g/mol. The molecule has 2 aliphatic heterocycles. The number of aromatic amines is 1. The van der Waals surface area contributed by atoms with Crippen LogP contribution in [-0.4, -0.2) is 59.2 Å². The number of halogens is 4. The molecule has 2 aromatic heterocycles. The Hall–Kier alpha value is -3.24. The molecule has 11 heteroatoms. The highest BCUT2D eigenvalue weighted by Gasteiger charge is 2.51. The zero-order valence-corrected chi connectivity index (χ0v) is 21.5. The standard InChI is InChI=1S/C27H27ClF3N5O2/c1-15-18(28)3-2-4-19(15)34-23-21-24(26(7-8-26)13-33-25(21)37)35-22(23)17-5-9-32-11-20(17)38-12-16-6-10-36(16)14-27(29,30)31/h2-5,9,11,16,34-35H,6-8,10,12-14H2,1H3,(H,33,37)/t16-/m0/s1. The average molecular weight is 546 g/mol. The van der Waals surface area contributed by atoms with E-state index < -0.39 is 12.7 Å². The summed E-state index contributed by atoms with van der Waals surface area (Å²) in [6, 6.07) is 7.00. The molecule has 6 rings (SSSR count). The Morgan fingerprint density at radius 3 is 2.82 bits per heavy atom. The average Bonchev–Trinajstić information content (AvgIpc) is 3.55. The summed E-state index contributed by atoms with van der Waals surface area (Å²) in [4.78, 5) is 22.3. The number of hydrogen-bond acceptors (Lipinski definition) is 5. The number of fused-ring (bicyclic) bond motifs is 2. The first kappa shape index (κ1) is 25.1. The summed E-state index contributed by atoms with van der Waals surface area (Å²) in [5, 5.41) is 7.08. The van der Waals surface area contributed by atoms with Gasteiger partial charge in [0.05, 0.1) is 29.7 Å². The summed E-state index contributed by atoms with van der Waals surface area (Å²) in [6.07, 6.45) is 1.50. The number of carbonyl (C=O) groups is 1. The molecule has 3 aliphatic rings. The van der Waals surface area contributed by atoms with Gasteiger partial charge in [0.25, 0.3) is 5.91 Å². The molecule has 2 fully saturated rings. The van der Waals surface area contributed by atoms with Crippen molar-refractivity contribution < 1.29 is 22.7 Å². The van der Waals surface area contributed by atoms with Gasteiger partial charge in [-0.2, -0.15) is 13.2 Å². The van der Waals surface area contributed by atoms with E-state index >= 15 is 0 Å². The van der Waals surface area contributed by atoms with Crippen molar-refractivity contribution in [3.8, 4) is 17.0 Å². The number of alkyl halides is 3. The molecule has 3 N–H and O–H groups in total. The van der Waals surface area contributed by atoms with Gasteiger partial charge in [0.15, 0.2) is 0 Å². The van der Waals surface area contributed by atoms with Gasteiger partial charge in [0, 0.05) is 52.7 Å². The number of amides is 1. The molecule has 38 heavy (non-hydrogen) atoms. The van der Waals surface area contributed by atoms with E-state index in [1.54, 1.807) is 24.5 Å². The molecule has 200 valence electrons. The summed E-state index contributed by atoms with van der Waals surface area (Å²) in [5.74, 6) is 0.261. The fourth-order valence-electron chi connectivity index (χ4n) is 5.34. The quantitative estimate of drug-likeness (QED) is 0.361. The van der Waals surface area contributed by atoms with Crippen molar-refractivity contribution in [3.05, 3.63) is 58.5 Å².